The lowest BCUT2D eigenvalue weighted by Gasteiger charge is -2.08. The lowest BCUT2D eigenvalue weighted by atomic mass is 10.1. The zero-order chi connectivity index (χ0) is 18.2. The van der Waals surface area contributed by atoms with Crippen LogP contribution in [0.2, 0.25) is 0 Å². The van der Waals surface area contributed by atoms with Crippen LogP contribution in [0, 0.1) is 13.8 Å². The standard InChI is InChI=1S/C19H21N3O3/c1-13-10-14(2)22-19(25)16(13)11-20-18(24)12-21-17(23)9-8-15-6-4-3-5-7-15/h3-10H,11-12H2,1-2H3,(H,20,24)(H,21,23)(H,22,25)/b9-8+. The van der Waals surface area contributed by atoms with E-state index in [0.29, 0.717) is 5.56 Å². The molecule has 0 saturated heterocycles. The van der Waals surface area contributed by atoms with Crippen molar-refractivity contribution in [1.29, 1.82) is 0 Å². The summed E-state index contributed by atoms with van der Waals surface area (Å²) in [6.07, 6.45) is 3.04. The number of aryl methyl sites for hydroxylation is 2. The Morgan fingerprint density at radius 3 is 2.52 bits per heavy atom. The maximum Gasteiger partial charge on any atom is 0.253 e. The third kappa shape index (κ3) is 5.76. The summed E-state index contributed by atoms with van der Waals surface area (Å²) in [6, 6.07) is 11.2. The van der Waals surface area contributed by atoms with Gasteiger partial charge in [0, 0.05) is 23.9 Å². The van der Waals surface area contributed by atoms with Crippen LogP contribution in [-0.2, 0) is 16.1 Å². The first-order chi connectivity index (χ1) is 12.0. The van der Waals surface area contributed by atoms with E-state index in [0.717, 1.165) is 16.8 Å². The largest absolute Gasteiger partial charge is 0.350 e. The monoisotopic (exact) mass is 339 g/mol. The molecule has 6 heteroatoms. The van der Waals surface area contributed by atoms with E-state index in [-0.39, 0.29) is 30.5 Å². The molecule has 25 heavy (non-hydrogen) atoms. The van der Waals surface area contributed by atoms with Crippen LogP contribution in [0.5, 0.6) is 0 Å². The van der Waals surface area contributed by atoms with Gasteiger partial charge in [-0.1, -0.05) is 30.3 Å². The first kappa shape index (κ1) is 18.2. The minimum Gasteiger partial charge on any atom is -0.350 e. The Morgan fingerprint density at radius 1 is 1.12 bits per heavy atom. The molecular formula is C19H21N3O3. The number of aromatic amines is 1. The van der Waals surface area contributed by atoms with Gasteiger partial charge in [0.05, 0.1) is 6.54 Å². The fourth-order valence-electron chi connectivity index (χ4n) is 2.31. The van der Waals surface area contributed by atoms with Crippen LogP contribution in [0.3, 0.4) is 0 Å². The SMILES string of the molecule is Cc1cc(C)c(CNC(=O)CNC(=O)/C=C/c2ccccc2)c(=O)[nH]1. The molecule has 0 radical (unpaired) electrons. The van der Waals surface area contributed by atoms with E-state index in [4.69, 9.17) is 0 Å². The Hall–Kier alpha value is -3.15. The number of hydrogen-bond acceptors (Lipinski definition) is 3. The summed E-state index contributed by atoms with van der Waals surface area (Å²) >= 11 is 0. The van der Waals surface area contributed by atoms with Gasteiger partial charge in [0.2, 0.25) is 11.8 Å². The molecule has 0 spiro atoms. The van der Waals surface area contributed by atoms with Crippen molar-refractivity contribution in [3.8, 4) is 0 Å². The van der Waals surface area contributed by atoms with Crippen molar-refractivity contribution in [1.82, 2.24) is 15.6 Å². The van der Waals surface area contributed by atoms with Crippen molar-refractivity contribution in [2.45, 2.75) is 20.4 Å². The molecule has 2 amide bonds. The number of carbonyl (C=O) groups is 2. The molecule has 6 nitrogen and oxygen atoms in total. The van der Waals surface area contributed by atoms with Crippen molar-refractivity contribution in [2.75, 3.05) is 6.54 Å². The van der Waals surface area contributed by atoms with Crippen molar-refractivity contribution < 1.29 is 9.59 Å². The van der Waals surface area contributed by atoms with Gasteiger partial charge in [-0.3, -0.25) is 14.4 Å². The van der Waals surface area contributed by atoms with Crippen LogP contribution in [0.4, 0.5) is 0 Å². The smallest absolute Gasteiger partial charge is 0.253 e. The predicted molar refractivity (Wildman–Crippen MR) is 96.9 cm³/mol. The molecule has 1 aromatic carbocycles. The number of amides is 2. The van der Waals surface area contributed by atoms with Gasteiger partial charge in [0.25, 0.3) is 5.56 Å². The molecule has 1 aromatic heterocycles. The third-order valence-corrected chi connectivity index (χ3v) is 3.61. The lowest BCUT2D eigenvalue weighted by Crippen LogP contribution is -2.37. The fraction of sp³-hybridized carbons (Fsp3) is 0.211. The average molecular weight is 339 g/mol. The zero-order valence-corrected chi connectivity index (χ0v) is 14.3. The Kier molecular flexibility index (Phi) is 6.28. The van der Waals surface area contributed by atoms with E-state index in [1.807, 2.05) is 43.3 Å². The van der Waals surface area contributed by atoms with Crippen LogP contribution in [-0.4, -0.2) is 23.3 Å². The second-order valence-electron chi connectivity index (χ2n) is 5.68. The van der Waals surface area contributed by atoms with E-state index in [1.54, 1.807) is 13.0 Å². The summed E-state index contributed by atoms with van der Waals surface area (Å²) in [7, 11) is 0. The third-order valence-electron chi connectivity index (χ3n) is 3.61. The summed E-state index contributed by atoms with van der Waals surface area (Å²) in [5, 5.41) is 5.14. The van der Waals surface area contributed by atoms with Crippen LogP contribution >= 0.6 is 0 Å². The molecule has 2 aromatic rings. The molecule has 0 saturated carbocycles. The molecule has 0 fully saturated rings. The van der Waals surface area contributed by atoms with E-state index in [2.05, 4.69) is 15.6 Å². The van der Waals surface area contributed by atoms with Gasteiger partial charge in [-0.2, -0.15) is 0 Å². The van der Waals surface area contributed by atoms with E-state index < -0.39 is 0 Å². The highest BCUT2D eigenvalue weighted by Crippen LogP contribution is 2.03. The molecule has 130 valence electrons. The summed E-state index contributed by atoms with van der Waals surface area (Å²) < 4.78 is 0. The molecule has 0 aliphatic carbocycles. The summed E-state index contributed by atoms with van der Waals surface area (Å²) in [6.45, 7) is 3.59. The molecule has 1 heterocycles. The van der Waals surface area contributed by atoms with Gasteiger partial charge in [0.15, 0.2) is 0 Å². The highest BCUT2D eigenvalue weighted by molar-refractivity contribution is 5.94. The molecule has 0 bridgehead atoms. The number of benzene rings is 1. The first-order valence-corrected chi connectivity index (χ1v) is 7.93. The Balaban J connectivity index is 1.80. The van der Waals surface area contributed by atoms with Gasteiger partial charge >= 0.3 is 0 Å². The highest BCUT2D eigenvalue weighted by Gasteiger charge is 2.08. The quantitative estimate of drug-likeness (QED) is 0.696. The van der Waals surface area contributed by atoms with Gasteiger partial charge in [-0.15, -0.1) is 0 Å². The van der Waals surface area contributed by atoms with Crippen molar-refractivity contribution >= 4 is 17.9 Å². The second kappa shape index (κ2) is 8.63. The minimum atomic E-state index is -0.360. The van der Waals surface area contributed by atoms with Gasteiger partial charge < -0.3 is 15.6 Å². The molecule has 0 aliphatic rings. The zero-order valence-electron chi connectivity index (χ0n) is 14.3. The molecule has 2 rings (SSSR count). The number of aromatic nitrogens is 1. The topological polar surface area (TPSA) is 91.1 Å². The van der Waals surface area contributed by atoms with E-state index >= 15 is 0 Å². The summed E-state index contributed by atoms with van der Waals surface area (Å²) in [5.41, 5.74) is 2.78. The molecule has 3 N–H and O–H groups in total. The number of pyridine rings is 1. The number of hydrogen-bond donors (Lipinski definition) is 3. The highest BCUT2D eigenvalue weighted by atomic mass is 16.2. The van der Waals surface area contributed by atoms with E-state index in [1.165, 1.54) is 6.08 Å². The van der Waals surface area contributed by atoms with Crippen LogP contribution in [0.15, 0.2) is 47.3 Å². The van der Waals surface area contributed by atoms with Crippen molar-refractivity contribution in [2.24, 2.45) is 0 Å². The Morgan fingerprint density at radius 2 is 1.84 bits per heavy atom. The van der Waals surface area contributed by atoms with Gasteiger partial charge in [-0.25, -0.2) is 0 Å². The number of nitrogens with one attached hydrogen (secondary N) is 3. The Bertz CT molecular complexity index is 839. The molecular weight excluding hydrogens is 318 g/mol. The van der Waals surface area contributed by atoms with Crippen LogP contribution in [0.1, 0.15) is 22.4 Å². The van der Waals surface area contributed by atoms with Gasteiger partial charge in [0.1, 0.15) is 0 Å². The first-order valence-electron chi connectivity index (χ1n) is 7.93. The maximum atomic E-state index is 11.9. The molecule has 0 unspecified atom stereocenters. The van der Waals surface area contributed by atoms with E-state index in [9.17, 15) is 14.4 Å². The lowest BCUT2D eigenvalue weighted by molar-refractivity contribution is -0.124. The van der Waals surface area contributed by atoms with Crippen molar-refractivity contribution in [3.63, 3.8) is 0 Å². The maximum absolute atomic E-state index is 11.9. The molecule has 0 aliphatic heterocycles. The summed E-state index contributed by atoms with van der Waals surface area (Å²) in [5.74, 6) is -0.718. The summed E-state index contributed by atoms with van der Waals surface area (Å²) in [4.78, 5) is 38.1. The fourth-order valence-corrected chi connectivity index (χ4v) is 2.31. The minimum absolute atomic E-state index is 0.121. The molecule has 0 atom stereocenters. The Labute approximate surface area is 146 Å². The van der Waals surface area contributed by atoms with Crippen LogP contribution < -0.4 is 16.2 Å². The predicted octanol–water partition coefficient (Wildman–Crippen LogP) is 1.44. The second-order valence-corrected chi connectivity index (χ2v) is 5.68. The number of carbonyl (C=O) groups excluding carboxylic acids is 2. The number of H-pyrrole nitrogens is 1. The average Bonchev–Trinajstić information content (AvgIpc) is 2.58. The van der Waals surface area contributed by atoms with Gasteiger partial charge in [-0.05, 0) is 37.1 Å². The van der Waals surface area contributed by atoms with Crippen molar-refractivity contribution in [3.05, 3.63) is 75.2 Å². The number of rotatable bonds is 6. The normalized spacial score (nSPS) is 10.6. The van der Waals surface area contributed by atoms with Crippen LogP contribution in [0.25, 0.3) is 6.08 Å².